The third-order valence-electron chi connectivity index (χ3n) is 2.94. The van der Waals surface area contributed by atoms with Crippen LogP contribution in [0.15, 0.2) is 36.5 Å². The summed E-state index contributed by atoms with van der Waals surface area (Å²) >= 11 is 0. The molecule has 0 aliphatic rings. The number of hydrogen-bond acceptors (Lipinski definition) is 4. The maximum absolute atomic E-state index is 10.9. The molecule has 0 amide bonds. The number of rotatable bonds is 6. The largest absolute Gasteiger partial charge is 0.333 e. The molecule has 0 unspecified atom stereocenters. The van der Waals surface area contributed by atoms with Crippen molar-refractivity contribution < 1.29 is 4.92 Å². The molecule has 0 aliphatic heterocycles. The van der Waals surface area contributed by atoms with Crippen molar-refractivity contribution in [3.63, 3.8) is 0 Å². The number of hydrogen-bond donors (Lipinski definition) is 1. The first kappa shape index (κ1) is 14.0. The Morgan fingerprint density at radius 1 is 1.35 bits per heavy atom. The Hall–Kier alpha value is -2.37. The van der Waals surface area contributed by atoms with Gasteiger partial charge >= 0.3 is 0 Å². The lowest BCUT2D eigenvalue weighted by atomic mass is 10.1. The Bertz CT molecular complexity index is 592. The molecule has 0 atom stereocenters. The van der Waals surface area contributed by atoms with Gasteiger partial charge in [-0.1, -0.05) is 26.0 Å². The monoisotopic (exact) mass is 274 g/mol. The highest BCUT2D eigenvalue weighted by Crippen LogP contribution is 2.26. The van der Waals surface area contributed by atoms with Crippen LogP contribution in [0.25, 0.3) is 0 Å². The van der Waals surface area contributed by atoms with Gasteiger partial charge in [0.15, 0.2) is 5.82 Å². The summed E-state index contributed by atoms with van der Waals surface area (Å²) in [6.07, 6.45) is 2.92. The van der Waals surface area contributed by atoms with Gasteiger partial charge in [0.05, 0.1) is 4.92 Å². The number of anilines is 2. The summed E-state index contributed by atoms with van der Waals surface area (Å²) in [4.78, 5) is 10.5. The number of nitro groups is 1. The van der Waals surface area contributed by atoms with Crippen molar-refractivity contribution in [2.45, 2.75) is 26.8 Å². The van der Waals surface area contributed by atoms with Gasteiger partial charge in [-0.25, -0.2) is 0 Å². The minimum absolute atomic E-state index is 0.0456. The van der Waals surface area contributed by atoms with Crippen LogP contribution in [0.2, 0.25) is 0 Å². The number of aryl methyl sites for hydroxylation is 1. The zero-order chi connectivity index (χ0) is 14.5. The number of nitro benzene ring substituents is 1. The van der Waals surface area contributed by atoms with Crippen LogP contribution in [0, 0.1) is 16.0 Å². The van der Waals surface area contributed by atoms with Gasteiger partial charge in [0.1, 0.15) is 5.69 Å². The molecule has 0 spiro atoms. The molecule has 0 bridgehead atoms. The number of benzene rings is 1. The summed E-state index contributed by atoms with van der Waals surface area (Å²) in [6.45, 7) is 5.17. The van der Waals surface area contributed by atoms with E-state index in [2.05, 4.69) is 24.3 Å². The number of nitrogens with one attached hydrogen (secondary N) is 1. The lowest BCUT2D eigenvalue weighted by Gasteiger charge is -2.05. The third kappa shape index (κ3) is 3.57. The average molecular weight is 274 g/mol. The van der Waals surface area contributed by atoms with Crippen LogP contribution in [0.3, 0.4) is 0 Å². The fourth-order valence-corrected chi connectivity index (χ4v) is 1.82. The molecule has 0 aliphatic carbocycles. The first-order valence-electron chi connectivity index (χ1n) is 6.60. The smallest absolute Gasteiger partial charge is 0.292 e. The van der Waals surface area contributed by atoms with Gasteiger partial charge in [-0.05, 0) is 18.4 Å². The summed E-state index contributed by atoms with van der Waals surface area (Å²) < 4.78 is 1.84. The second kappa shape index (κ2) is 6.18. The second-order valence-electron chi connectivity index (χ2n) is 5.05. The van der Waals surface area contributed by atoms with Crippen molar-refractivity contribution in [2.75, 3.05) is 5.32 Å². The maximum Gasteiger partial charge on any atom is 0.292 e. The van der Waals surface area contributed by atoms with Crippen LogP contribution in [-0.2, 0) is 6.54 Å². The standard InChI is InChI=1S/C14H18N4O2/c1-11(2)7-9-17-10-8-14(16-17)15-12-5-3-4-6-13(12)18(19)20/h3-6,8,10-11H,7,9H2,1-2H3,(H,15,16). The molecule has 0 fully saturated rings. The van der Waals surface area contributed by atoms with E-state index in [1.54, 1.807) is 18.2 Å². The molecular formula is C14H18N4O2. The summed E-state index contributed by atoms with van der Waals surface area (Å²) in [5.41, 5.74) is 0.496. The van der Waals surface area contributed by atoms with Crippen molar-refractivity contribution in [1.29, 1.82) is 0 Å². The molecule has 106 valence electrons. The average Bonchev–Trinajstić information content (AvgIpc) is 2.84. The quantitative estimate of drug-likeness (QED) is 0.645. The Morgan fingerprint density at radius 3 is 2.80 bits per heavy atom. The predicted octanol–water partition coefficient (Wildman–Crippen LogP) is 3.58. The molecule has 0 radical (unpaired) electrons. The number of para-hydroxylation sites is 2. The van der Waals surface area contributed by atoms with E-state index < -0.39 is 4.92 Å². The Kier molecular flexibility index (Phi) is 4.34. The zero-order valence-electron chi connectivity index (χ0n) is 11.6. The van der Waals surface area contributed by atoms with Gasteiger partial charge in [0.25, 0.3) is 5.69 Å². The summed E-state index contributed by atoms with van der Waals surface area (Å²) in [5, 5.41) is 18.3. The van der Waals surface area contributed by atoms with Crippen LogP contribution >= 0.6 is 0 Å². The van der Waals surface area contributed by atoms with Crippen LogP contribution in [0.5, 0.6) is 0 Å². The lowest BCUT2D eigenvalue weighted by Crippen LogP contribution is -2.03. The van der Waals surface area contributed by atoms with Gasteiger partial charge < -0.3 is 5.32 Å². The molecule has 6 nitrogen and oxygen atoms in total. The molecule has 6 heteroatoms. The molecule has 2 aromatic rings. The van der Waals surface area contributed by atoms with Crippen molar-refractivity contribution in [1.82, 2.24) is 9.78 Å². The molecule has 20 heavy (non-hydrogen) atoms. The van der Waals surface area contributed by atoms with E-state index in [1.807, 2.05) is 16.9 Å². The van der Waals surface area contributed by atoms with E-state index >= 15 is 0 Å². The maximum atomic E-state index is 10.9. The molecule has 1 aromatic heterocycles. The highest BCUT2D eigenvalue weighted by atomic mass is 16.6. The van der Waals surface area contributed by atoms with E-state index in [0.29, 0.717) is 17.4 Å². The van der Waals surface area contributed by atoms with Crippen LogP contribution in [0.1, 0.15) is 20.3 Å². The molecule has 1 aromatic carbocycles. The fourth-order valence-electron chi connectivity index (χ4n) is 1.82. The van der Waals surface area contributed by atoms with Crippen molar-refractivity contribution in [2.24, 2.45) is 5.92 Å². The van der Waals surface area contributed by atoms with Crippen LogP contribution in [-0.4, -0.2) is 14.7 Å². The van der Waals surface area contributed by atoms with Gasteiger partial charge in [-0.15, -0.1) is 0 Å². The first-order valence-corrected chi connectivity index (χ1v) is 6.60. The first-order chi connectivity index (χ1) is 9.56. The molecule has 1 N–H and O–H groups in total. The Balaban J connectivity index is 2.09. The minimum Gasteiger partial charge on any atom is -0.333 e. The SMILES string of the molecule is CC(C)CCn1ccc(Nc2ccccc2[N+](=O)[O-])n1. The summed E-state index contributed by atoms with van der Waals surface area (Å²) in [5.74, 6) is 1.23. The van der Waals surface area contributed by atoms with E-state index in [9.17, 15) is 10.1 Å². The molecule has 0 saturated carbocycles. The highest BCUT2D eigenvalue weighted by molar-refractivity contribution is 5.67. The normalized spacial score (nSPS) is 10.8. The topological polar surface area (TPSA) is 73.0 Å². The van der Waals surface area contributed by atoms with Gasteiger partial charge in [-0.2, -0.15) is 5.10 Å². The van der Waals surface area contributed by atoms with E-state index in [4.69, 9.17) is 0 Å². The van der Waals surface area contributed by atoms with Gasteiger partial charge in [0, 0.05) is 24.9 Å². The molecule has 0 saturated heterocycles. The Morgan fingerprint density at radius 2 is 2.10 bits per heavy atom. The van der Waals surface area contributed by atoms with Crippen molar-refractivity contribution in [3.8, 4) is 0 Å². The van der Waals surface area contributed by atoms with E-state index in [1.165, 1.54) is 6.07 Å². The molecule has 2 rings (SSSR count). The second-order valence-corrected chi connectivity index (χ2v) is 5.05. The summed E-state index contributed by atoms with van der Waals surface area (Å²) in [7, 11) is 0. The summed E-state index contributed by atoms with van der Waals surface area (Å²) in [6, 6.07) is 8.36. The van der Waals surface area contributed by atoms with E-state index in [0.717, 1.165) is 13.0 Å². The zero-order valence-corrected chi connectivity index (χ0v) is 11.6. The predicted molar refractivity (Wildman–Crippen MR) is 78.1 cm³/mol. The third-order valence-corrected chi connectivity index (χ3v) is 2.94. The molecular weight excluding hydrogens is 256 g/mol. The van der Waals surface area contributed by atoms with Gasteiger partial charge in [-0.3, -0.25) is 14.8 Å². The highest BCUT2D eigenvalue weighted by Gasteiger charge is 2.13. The minimum atomic E-state index is -0.405. The van der Waals surface area contributed by atoms with Crippen molar-refractivity contribution in [3.05, 3.63) is 46.6 Å². The van der Waals surface area contributed by atoms with E-state index in [-0.39, 0.29) is 5.69 Å². The number of aromatic nitrogens is 2. The Labute approximate surface area is 117 Å². The lowest BCUT2D eigenvalue weighted by molar-refractivity contribution is -0.383. The molecule has 1 heterocycles. The van der Waals surface area contributed by atoms with Crippen molar-refractivity contribution >= 4 is 17.2 Å². The number of nitrogens with zero attached hydrogens (tertiary/aromatic N) is 3. The van der Waals surface area contributed by atoms with Crippen LogP contribution in [0.4, 0.5) is 17.2 Å². The van der Waals surface area contributed by atoms with Crippen LogP contribution < -0.4 is 5.32 Å². The fraction of sp³-hybridized carbons (Fsp3) is 0.357. The van der Waals surface area contributed by atoms with Gasteiger partial charge in [0.2, 0.25) is 0 Å².